The molecule has 15 heavy (non-hydrogen) atoms. The number of nitrogens with one attached hydrogen (secondary N) is 1. The maximum absolute atomic E-state index is 12.8. The monoisotopic (exact) mass is 229 g/mol. The lowest BCUT2D eigenvalue weighted by molar-refractivity contribution is 0.413. The van der Waals surface area contributed by atoms with Crippen molar-refractivity contribution < 1.29 is 9.13 Å². The highest BCUT2D eigenvalue weighted by Gasteiger charge is 2.02. The van der Waals surface area contributed by atoms with Gasteiger partial charge in [0.1, 0.15) is 11.6 Å². The molecule has 0 saturated carbocycles. The summed E-state index contributed by atoms with van der Waals surface area (Å²) in [6, 6.07) is 4.37. The van der Waals surface area contributed by atoms with Gasteiger partial charge in [-0.1, -0.05) is 12.2 Å². The molecule has 1 aromatic rings. The van der Waals surface area contributed by atoms with Crippen LogP contribution in [0, 0.1) is 5.82 Å². The average molecular weight is 230 g/mol. The Kier molecular flexibility index (Phi) is 4.98. The van der Waals surface area contributed by atoms with Crippen molar-refractivity contribution in [3.63, 3.8) is 0 Å². The zero-order chi connectivity index (χ0) is 11.1. The SMILES string of the molecule is COc1cc(F)ccc1NC/C=C/CCl. The number of hydrogen-bond donors (Lipinski definition) is 1. The normalized spacial score (nSPS) is 10.6. The Hall–Kier alpha value is -1.22. The summed E-state index contributed by atoms with van der Waals surface area (Å²) in [5.74, 6) is 0.672. The average Bonchev–Trinajstić information content (AvgIpc) is 2.26. The summed E-state index contributed by atoms with van der Waals surface area (Å²) in [6.45, 7) is 0.634. The van der Waals surface area contributed by atoms with Crippen molar-refractivity contribution >= 4 is 17.3 Å². The maximum Gasteiger partial charge on any atom is 0.144 e. The molecule has 0 aliphatic heterocycles. The van der Waals surface area contributed by atoms with Crippen LogP contribution in [0.3, 0.4) is 0 Å². The smallest absolute Gasteiger partial charge is 0.144 e. The summed E-state index contributed by atoms with van der Waals surface area (Å²) in [6.07, 6.45) is 3.74. The summed E-state index contributed by atoms with van der Waals surface area (Å²) in [5, 5.41) is 3.09. The zero-order valence-electron chi connectivity index (χ0n) is 8.47. The number of allylic oxidation sites excluding steroid dienone is 1. The Morgan fingerprint density at radius 3 is 2.93 bits per heavy atom. The summed E-state index contributed by atoms with van der Waals surface area (Å²) in [4.78, 5) is 0. The maximum atomic E-state index is 12.8. The first kappa shape index (κ1) is 11.9. The van der Waals surface area contributed by atoms with E-state index in [1.165, 1.54) is 19.2 Å². The molecule has 82 valence electrons. The van der Waals surface area contributed by atoms with E-state index in [-0.39, 0.29) is 5.82 Å². The molecule has 0 fully saturated rings. The Bertz CT molecular complexity index is 341. The van der Waals surface area contributed by atoms with E-state index in [1.54, 1.807) is 6.07 Å². The Morgan fingerprint density at radius 2 is 2.27 bits per heavy atom. The lowest BCUT2D eigenvalue weighted by Gasteiger charge is -2.09. The Balaban J connectivity index is 2.63. The second-order valence-corrected chi connectivity index (χ2v) is 3.16. The number of benzene rings is 1. The third kappa shape index (κ3) is 3.80. The van der Waals surface area contributed by atoms with Crippen LogP contribution < -0.4 is 10.1 Å². The van der Waals surface area contributed by atoms with Crippen molar-refractivity contribution in [2.75, 3.05) is 24.9 Å². The van der Waals surface area contributed by atoms with Crippen LogP contribution in [-0.2, 0) is 0 Å². The van der Waals surface area contributed by atoms with Crippen LogP contribution in [0.2, 0.25) is 0 Å². The van der Waals surface area contributed by atoms with Gasteiger partial charge < -0.3 is 10.1 Å². The van der Waals surface area contributed by atoms with Gasteiger partial charge in [0, 0.05) is 18.5 Å². The van der Waals surface area contributed by atoms with Gasteiger partial charge in [-0.2, -0.15) is 0 Å². The van der Waals surface area contributed by atoms with Crippen molar-refractivity contribution in [3.05, 3.63) is 36.2 Å². The first-order valence-corrected chi connectivity index (χ1v) is 5.09. The van der Waals surface area contributed by atoms with Gasteiger partial charge >= 0.3 is 0 Å². The van der Waals surface area contributed by atoms with Crippen molar-refractivity contribution in [1.82, 2.24) is 0 Å². The summed E-state index contributed by atoms with van der Waals surface area (Å²) >= 11 is 5.47. The molecule has 0 amide bonds. The van der Waals surface area contributed by atoms with Gasteiger partial charge in [-0.15, -0.1) is 11.6 Å². The molecular formula is C11H13ClFNO. The van der Waals surface area contributed by atoms with Crippen LogP contribution in [-0.4, -0.2) is 19.5 Å². The number of ether oxygens (including phenoxy) is 1. The van der Waals surface area contributed by atoms with Crippen molar-refractivity contribution in [2.24, 2.45) is 0 Å². The van der Waals surface area contributed by atoms with Crippen molar-refractivity contribution in [2.45, 2.75) is 0 Å². The number of rotatable bonds is 5. The van der Waals surface area contributed by atoms with Crippen LogP contribution in [0.1, 0.15) is 0 Å². The molecule has 1 N–H and O–H groups in total. The molecule has 0 saturated heterocycles. The standard InChI is InChI=1S/C11H13ClFNO/c1-15-11-8-9(13)4-5-10(11)14-7-3-2-6-12/h2-5,8,14H,6-7H2,1H3/b3-2+. The number of anilines is 1. The van der Waals surface area contributed by atoms with Crippen molar-refractivity contribution in [1.29, 1.82) is 0 Å². The number of methoxy groups -OCH3 is 1. The Labute approximate surface area is 93.7 Å². The van der Waals surface area contributed by atoms with Gasteiger partial charge in [-0.05, 0) is 12.1 Å². The third-order valence-electron chi connectivity index (χ3n) is 1.83. The highest BCUT2D eigenvalue weighted by molar-refractivity contribution is 6.18. The summed E-state index contributed by atoms with van der Waals surface area (Å²) in [5.41, 5.74) is 0.762. The molecule has 4 heteroatoms. The molecule has 0 bridgehead atoms. The van der Waals surface area contributed by atoms with E-state index >= 15 is 0 Å². The van der Waals surface area contributed by atoms with Gasteiger partial charge in [-0.3, -0.25) is 0 Å². The quantitative estimate of drug-likeness (QED) is 0.619. The van der Waals surface area contributed by atoms with Gasteiger partial charge in [0.15, 0.2) is 0 Å². The van der Waals surface area contributed by atoms with Crippen LogP contribution in [0.15, 0.2) is 30.4 Å². The third-order valence-corrected chi connectivity index (χ3v) is 2.01. The van der Waals surface area contributed by atoms with E-state index in [2.05, 4.69) is 5.32 Å². The molecule has 0 aliphatic carbocycles. The molecule has 1 rings (SSSR count). The van der Waals surface area contributed by atoms with E-state index < -0.39 is 0 Å². The zero-order valence-corrected chi connectivity index (χ0v) is 9.22. The van der Waals surface area contributed by atoms with Crippen LogP contribution >= 0.6 is 11.6 Å². The second-order valence-electron chi connectivity index (χ2n) is 2.85. The fraction of sp³-hybridized carbons (Fsp3) is 0.273. The minimum atomic E-state index is -0.311. The summed E-state index contributed by atoms with van der Waals surface area (Å²) in [7, 11) is 1.51. The van der Waals surface area contributed by atoms with Gasteiger partial charge in [0.05, 0.1) is 12.8 Å². The van der Waals surface area contributed by atoms with E-state index in [4.69, 9.17) is 16.3 Å². The largest absolute Gasteiger partial charge is 0.494 e. The fourth-order valence-corrected chi connectivity index (χ4v) is 1.25. The molecule has 2 nitrogen and oxygen atoms in total. The van der Waals surface area contributed by atoms with E-state index in [1.807, 2.05) is 12.2 Å². The Morgan fingerprint density at radius 1 is 1.47 bits per heavy atom. The number of alkyl halides is 1. The molecular weight excluding hydrogens is 217 g/mol. The molecule has 0 aromatic heterocycles. The molecule has 0 atom stereocenters. The van der Waals surface area contributed by atoms with Gasteiger partial charge in [0.2, 0.25) is 0 Å². The highest BCUT2D eigenvalue weighted by Crippen LogP contribution is 2.24. The van der Waals surface area contributed by atoms with Crippen LogP contribution in [0.4, 0.5) is 10.1 Å². The minimum absolute atomic E-state index is 0.311. The molecule has 0 radical (unpaired) electrons. The molecule has 0 heterocycles. The first-order valence-electron chi connectivity index (χ1n) is 4.56. The highest BCUT2D eigenvalue weighted by atomic mass is 35.5. The second kappa shape index (κ2) is 6.30. The van der Waals surface area contributed by atoms with Gasteiger partial charge in [-0.25, -0.2) is 4.39 Å². The minimum Gasteiger partial charge on any atom is -0.494 e. The van der Waals surface area contributed by atoms with E-state index in [0.29, 0.717) is 18.2 Å². The first-order chi connectivity index (χ1) is 7.27. The van der Waals surface area contributed by atoms with Crippen LogP contribution in [0.5, 0.6) is 5.75 Å². The lowest BCUT2D eigenvalue weighted by atomic mass is 10.3. The van der Waals surface area contributed by atoms with E-state index in [9.17, 15) is 4.39 Å². The number of hydrogen-bond acceptors (Lipinski definition) is 2. The predicted molar refractivity (Wildman–Crippen MR) is 61.3 cm³/mol. The predicted octanol–water partition coefficient (Wildman–Crippen LogP) is 3.04. The molecule has 0 unspecified atom stereocenters. The van der Waals surface area contributed by atoms with Crippen LogP contribution in [0.25, 0.3) is 0 Å². The van der Waals surface area contributed by atoms with Gasteiger partial charge in [0.25, 0.3) is 0 Å². The summed E-state index contributed by atoms with van der Waals surface area (Å²) < 4.78 is 17.9. The van der Waals surface area contributed by atoms with Crippen molar-refractivity contribution in [3.8, 4) is 5.75 Å². The fourth-order valence-electron chi connectivity index (χ4n) is 1.13. The lowest BCUT2D eigenvalue weighted by Crippen LogP contribution is -2.00. The molecule has 1 aromatic carbocycles. The molecule has 0 spiro atoms. The topological polar surface area (TPSA) is 21.3 Å². The molecule has 0 aliphatic rings. The van der Waals surface area contributed by atoms with E-state index in [0.717, 1.165) is 5.69 Å². The number of halogens is 2.